The average molecular weight is 312 g/mol. The van der Waals surface area contributed by atoms with Crippen LogP contribution >= 0.6 is 0 Å². The van der Waals surface area contributed by atoms with Crippen molar-refractivity contribution in [3.8, 4) is 0 Å². The van der Waals surface area contributed by atoms with Gasteiger partial charge in [-0.15, -0.1) is 0 Å². The normalized spacial score (nSPS) is 21.3. The first kappa shape index (κ1) is 15.5. The zero-order chi connectivity index (χ0) is 16.6. The molecule has 0 bridgehead atoms. The molecule has 0 saturated carbocycles. The Labute approximate surface area is 135 Å². The van der Waals surface area contributed by atoms with Gasteiger partial charge in [-0.1, -0.05) is 50.2 Å². The van der Waals surface area contributed by atoms with Gasteiger partial charge in [-0.25, -0.2) is 0 Å². The Hall–Kier alpha value is -2.43. The minimum absolute atomic E-state index is 0.00340. The van der Waals surface area contributed by atoms with Crippen LogP contribution in [-0.4, -0.2) is 27.8 Å². The van der Waals surface area contributed by atoms with E-state index in [1.807, 2.05) is 50.2 Å². The average Bonchev–Trinajstić information content (AvgIpc) is 2.84. The fraction of sp³-hybridized carbons (Fsp3) is 0.389. The fourth-order valence-corrected chi connectivity index (χ4v) is 3.52. The van der Waals surface area contributed by atoms with Gasteiger partial charge in [0.15, 0.2) is 0 Å². The largest absolute Gasteiger partial charge is 0.328 e. The molecule has 2 aromatic carbocycles. The predicted molar refractivity (Wildman–Crippen MR) is 88.5 cm³/mol. The number of likely N-dealkylation sites (tertiary alicyclic amines) is 1. The molecule has 0 N–H and O–H groups in total. The Balaban J connectivity index is 1.89. The lowest BCUT2D eigenvalue weighted by Crippen LogP contribution is -2.43. The number of hydrogen-bond acceptors (Lipinski definition) is 3. The van der Waals surface area contributed by atoms with Crippen LogP contribution in [0.25, 0.3) is 10.8 Å². The number of amides is 1. The van der Waals surface area contributed by atoms with Crippen LogP contribution < -0.4 is 0 Å². The number of carbonyl (C=O) groups excluding carboxylic acids is 1. The number of fused-ring (bicyclic) bond motifs is 1. The molecule has 5 heteroatoms. The predicted octanol–water partition coefficient (Wildman–Crippen LogP) is 3.24. The molecule has 0 aliphatic carbocycles. The molecule has 1 aliphatic heterocycles. The van der Waals surface area contributed by atoms with Crippen molar-refractivity contribution in [2.75, 3.05) is 0 Å². The Morgan fingerprint density at radius 3 is 2.57 bits per heavy atom. The van der Waals surface area contributed by atoms with E-state index in [0.717, 1.165) is 16.3 Å². The standard InChI is InChI=1S/C18H20N2O3/c1-12(2)18-16(20(22)23)10-17(21)19(18)11-13-7-8-14-5-3-4-6-15(14)9-13/h3-9,12,16,18H,10-11H2,1-2H3/t16-,18+/m0/s1. The minimum atomic E-state index is -0.803. The van der Waals surface area contributed by atoms with Crippen molar-refractivity contribution in [3.63, 3.8) is 0 Å². The third kappa shape index (κ3) is 2.91. The van der Waals surface area contributed by atoms with E-state index >= 15 is 0 Å². The molecule has 23 heavy (non-hydrogen) atoms. The lowest BCUT2D eigenvalue weighted by atomic mass is 9.97. The molecule has 1 aliphatic rings. The van der Waals surface area contributed by atoms with Gasteiger partial charge in [-0.3, -0.25) is 14.9 Å². The summed E-state index contributed by atoms with van der Waals surface area (Å²) in [5.41, 5.74) is 1.01. The molecule has 5 nitrogen and oxygen atoms in total. The van der Waals surface area contributed by atoms with Crippen LogP contribution in [-0.2, 0) is 11.3 Å². The maximum absolute atomic E-state index is 12.3. The second kappa shape index (κ2) is 5.99. The Morgan fingerprint density at radius 1 is 1.22 bits per heavy atom. The van der Waals surface area contributed by atoms with Crippen molar-refractivity contribution >= 4 is 16.7 Å². The minimum Gasteiger partial charge on any atom is -0.328 e. The third-order valence-corrected chi connectivity index (χ3v) is 4.58. The highest BCUT2D eigenvalue weighted by Crippen LogP contribution is 2.29. The highest BCUT2D eigenvalue weighted by Gasteiger charge is 2.48. The SMILES string of the molecule is CC(C)[C@@H]1[C@@H]([N+](=O)[O-])CC(=O)N1Cc1ccc2ccccc2c1. The van der Waals surface area contributed by atoms with E-state index in [4.69, 9.17) is 0 Å². The molecular weight excluding hydrogens is 292 g/mol. The van der Waals surface area contributed by atoms with Crippen LogP contribution in [0.3, 0.4) is 0 Å². The maximum atomic E-state index is 12.3. The number of rotatable bonds is 4. The fourth-order valence-electron chi connectivity index (χ4n) is 3.52. The second-order valence-electron chi connectivity index (χ2n) is 6.49. The van der Waals surface area contributed by atoms with Crippen molar-refractivity contribution in [1.82, 2.24) is 4.90 Å². The molecule has 3 rings (SSSR count). The summed E-state index contributed by atoms with van der Waals surface area (Å²) in [6.07, 6.45) is 0.00340. The molecule has 120 valence electrons. The third-order valence-electron chi connectivity index (χ3n) is 4.58. The molecule has 0 radical (unpaired) electrons. The van der Waals surface area contributed by atoms with E-state index in [9.17, 15) is 14.9 Å². The van der Waals surface area contributed by atoms with Gasteiger partial charge in [-0.2, -0.15) is 0 Å². The summed E-state index contributed by atoms with van der Waals surface area (Å²) < 4.78 is 0. The molecule has 2 atom stereocenters. The van der Waals surface area contributed by atoms with E-state index in [-0.39, 0.29) is 29.2 Å². The molecule has 2 aromatic rings. The van der Waals surface area contributed by atoms with Gasteiger partial charge in [0.1, 0.15) is 6.04 Å². The van der Waals surface area contributed by atoms with Gasteiger partial charge in [-0.05, 0) is 28.3 Å². The summed E-state index contributed by atoms with van der Waals surface area (Å²) in [4.78, 5) is 24.9. The quantitative estimate of drug-likeness (QED) is 0.643. The van der Waals surface area contributed by atoms with Gasteiger partial charge in [0.05, 0.1) is 6.42 Å². The van der Waals surface area contributed by atoms with Gasteiger partial charge >= 0.3 is 0 Å². The molecule has 1 saturated heterocycles. The number of hydrogen-bond donors (Lipinski definition) is 0. The molecule has 1 amide bonds. The number of nitro groups is 1. The van der Waals surface area contributed by atoms with E-state index in [2.05, 4.69) is 6.07 Å². The maximum Gasteiger partial charge on any atom is 0.242 e. The van der Waals surface area contributed by atoms with E-state index in [0.29, 0.717) is 6.54 Å². The zero-order valence-electron chi connectivity index (χ0n) is 13.3. The highest BCUT2D eigenvalue weighted by molar-refractivity contribution is 5.83. The highest BCUT2D eigenvalue weighted by atomic mass is 16.6. The van der Waals surface area contributed by atoms with Gasteiger partial charge in [0, 0.05) is 11.5 Å². The van der Waals surface area contributed by atoms with Crippen LogP contribution in [0.1, 0.15) is 25.8 Å². The van der Waals surface area contributed by atoms with Gasteiger partial charge < -0.3 is 4.90 Å². The van der Waals surface area contributed by atoms with Gasteiger partial charge in [0.2, 0.25) is 11.9 Å². The first-order valence-electron chi connectivity index (χ1n) is 7.88. The lowest BCUT2D eigenvalue weighted by Gasteiger charge is -2.28. The van der Waals surface area contributed by atoms with Crippen molar-refractivity contribution < 1.29 is 9.72 Å². The molecule has 0 aromatic heterocycles. The number of benzene rings is 2. The first-order valence-corrected chi connectivity index (χ1v) is 7.88. The lowest BCUT2D eigenvalue weighted by molar-refractivity contribution is -0.525. The molecule has 1 heterocycles. The summed E-state index contributed by atoms with van der Waals surface area (Å²) in [5, 5.41) is 13.5. The molecule has 0 spiro atoms. The molecule has 0 unspecified atom stereocenters. The second-order valence-corrected chi connectivity index (χ2v) is 6.49. The van der Waals surface area contributed by atoms with Crippen molar-refractivity contribution in [2.45, 2.75) is 38.9 Å². The van der Waals surface area contributed by atoms with Crippen LogP contribution in [0.15, 0.2) is 42.5 Å². The summed E-state index contributed by atoms with van der Waals surface area (Å²) in [6.45, 7) is 4.30. The first-order chi connectivity index (χ1) is 11.0. The van der Waals surface area contributed by atoms with E-state index < -0.39 is 6.04 Å². The van der Waals surface area contributed by atoms with Crippen LogP contribution in [0.2, 0.25) is 0 Å². The monoisotopic (exact) mass is 312 g/mol. The Morgan fingerprint density at radius 2 is 1.91 bits per heavy atom. The van der Waals surface area contributed by atoms with E-state index in [1.54, 1.807) is 4.90 Å². The van der Waals surface area contributed by atoms with Crippen LogP contribution in [0, 0.1) is 16.0 Å². The topological polar surface area (TPSA) is 63.5 Å². The van der Waals surface area contributed by atoms with Crippen molar-refractivity contribution in [3.05, 3.63) is 58.1 Å². The summed E-state index contributed by atoms with van der Waals surface area (Å²) in [5.74, 6) is -0.0733. The van der Waals surface area contributed by atoms with Crippen LogP contribution in [0.4, 0.5) is 0 Å². The Kier molecular flexibility index (Phi) is 4.03. The van der Waals surface area contributed by atoms with Crippen molar-refractivity contribution in [1.29, 1.82) is 0 Å². The molecular formula is C18H20N2O3. The summed E-state index contributed by atoms with van der Waals surface area (Å²) >= 11 is 0. The summed E-state index contributed by atoms with van der Waals surface area (Å²) in [7, 11) is 0. The van der Waals surface area contributed by atoms with Crippen molar-refractivity contribution in [2.24, 2.45) is 5.92 Å². The molecule has 1 fully saturated rings. The number of carbonyl (C=O) groups is 1. The summed E-state index contributed by atoms with van der Waals surface area (Å²) in [6, 6.07) is 13.0. The Bertz CT molecular complexity index is 757. The van der Waals surface area contributed by atoms with Gasteiger partial charge in [0.25, 0.3) is 0 Å². The van der Waals surface area contributed by atoms with Crippen LogP contribution in [0.5, 0.6) is 0 Å². The number of nitrogens with zero attached hydrogens (tertiary/aromatic N) is 2. The van der Waals surface area contributed by atoms with E-state index in [1.165, 1.54) is 0 Å². The smallest absolute Gasteiger partial charge is 0.242 e. The zero-order valence-corrected chi connectivity index (χ0v) is 13.3.